The Kier molecular flexibility index (Phi) is 5.79. The minimum absolute atomic E-state index is 0.102. The maximum absolute atomic E-state index is 13.0. The number of amides is 2. The molecular formula is C23H27N3O4. The van der Waals surface area contributed by atoms with E-state index >= 15 is 0 Å². The summed E-state index contributed by atoms with van der Waals surface area (Å²) in [4.78, 5) is 29.6. The Morgan fingerprint density at radius 3 is 2.53 bits per heavy atom. The number of nitrogens with zero attached hydrogens (tertiary/aromatic N) is 2. The molecule has 1 atom stereocenters. The fourth-order valence-corrected chi connectivity index (χ4v) is 4.17. The molecule has 2 amide bonds. The zero-order chi connectivity index (χ0) is 21.1. The maximum atomic E-state index is 13.0. The van der Waals surface area contributed by atoms with Crippen LogP contribution in [0.5, 0.6) is 11.5 Å². The van der Waals surface area contributed by atoms with Crippen LogP contribution in [-0.2, 0) is 9.59 Å². The molecule has 7 heteroatoms. The Morgan fingerprint density at radius 1 is 1.03 bits per heavy atom. The van der Waals surface area contributed by atoms with Crippen LogP contribution >= 0.6 is 0 Å². The summed E-state index contributed by atoms with van der Waals surface area (Å²) in [5.74, 6) is 0.532. The third kappa shape index (κ3) is 3.92. The highest BCUT2D eigenvalue weighted by Gasteiger charge is 2.36. The van der Waals surface area contributed by atoms with Crippen molar-refractivity contribution in [3.63, 3.8) is 0 Å². The number of hydrogen-bond donors (Lipinski definition) is 1. The van der Waals surface area contributed by atoms with E-state index in [-0.39, 0.29) is 18.2 Å². The van der Waals surface area contributed by atoms with Crippen molar-refractivity contribution in [2.45, 2.75) is 19.3 Å². The number of carbonyl (C=O) groups is 2. The van der Waals surface area contributed by atoms with Gasteiger partial charge in [0, 0.05) is 32.1 Å². The zero-order valence-corrected chi connectivity index (χ0v) is 17.4. The first-order chi connectivity index (χ1) is 14.6. The van der Waals surface area contributed by atoms with E-state index in [0.717, 1.165) is 37.3 Å². The van der Waals surface area contributed by atoms with Gasteiger partial charge in [-0.3, -0.25) is 9.59 Å². The summed E-state index contributed by atoms with van der Waals surface area (Å²) in [6.45, 7) is 2.30. The minimum Gasteiger partial charge on any atom is -0.497 e. The second-order valence-electron chi connectivity index (χ2n) is 7.64. The zero-order valence-electron chi connectivity index (χ0n) is 17.4. The lowest BCUT2D eigenvalue weighted by atomic mass is 10.1. The molecule has 2 aromatic rings. The Balaban J connectivity index is 1.51. The predicted octanol–water partition coefficient (Wildman–Crippen LogP) is 3.30. The van der Waals surface area contributed by atoms with E-state index in [1.54, 1.807) is 37.3 Å². The topological polar surface area (TPSA) is 71.1 Å². The minimum atomic E-state index is -0.431. The summed E-state index contributed by atoms with van der Waals surface area (Å²) in [7, 11) is 3.14. The van der Waals surface area contributed by atoms with Gasteiger partial charge in [0.25, 0.3) is 0 Å². The van der Waals surface area contributed by atoms with Gasteiger partial charge in [0.2, 0.25) is 11.8 Å². The Bertz CT molecular complexity index is 940. The van der Waals surface area contributed by atoms with Gasteiger partial charge in [-0.1, -0.05) is 12.1 Å². The quantitative estimate of drug-likeness (QED) is 0.793. The van der Waals surface area contributed by atoms with Crippen molar-refractivity contribution in [2.75, 3.05) is 49.0 Å². The molecule has 7 nitrogen and oxygen atoms in total. The van der Waals surface area contributed by atoms with Crippen LogP contribution in [0.1, 0.15) is 19.3 Å². The lowest BCUT2D eigenvalue weighted by molar-refractivity contribution is -0.122. The van der Waals surface area contributed by atoms with Gasteiger partial charge in [0.1, 0.15) is 11.5 Å². The third-order valence-electron chi connectivity index (χ3n) is 5.78. The smallest absolute Gasteiger partial charge is 0.229 e. The number of hydrogen-bond acceptors (Lipinski definition) is 5. The van der Waals surface area contributed by atoms with Crippen LogP contribution in [0.3, 0.4) is 0 Å². The van der Waals surface area contributed by atoms with Crippen molar-refractivity contribution in [3.05, 3.63) is 42.5 Å². The fraction of sp³-hybridized carbons (Fsp3) is 0.391. The molecule has 0 radical (unpaired) electrons. The first kappa shape index (κ1) is 20.1. The highest BCUT2D eigenvalue weighted by atomic mass is 16.5. The van der Waals surface area contributed by atoms with E-state index in [9.17, 15) is 9.59 Å². The van der Waals surface area contributed by atoms with Gasteiger partial charge in [0.05, 0.1) is 37.2 Å². The predicted molar refractivity (Wildman–Crippen MR) is 117 cm³/mol. The van der Waals surface area contributed by atoms with Crippen molar-refractivity contribution >= 4 is 28.9 Å². The average molecular weight is 409 g/mol. The molecule has 1 unspecified atom stereocenters. The second kappa shape index (κ2) is 8.65. The van der Waals surface area contributed by atoms with Gasteiger partial charge in [-0.2, -0.15) is 0 Å². The summed E-state index contributed by atoms with van der Waals surface area (Å²) in [5, 5.41) is 3.06. The number of para-hydroxylation sites is 2. The van der Waals surface area contributed by atoms with Crippen LogP contribution in [0, 0.1) is 5.92 Å². The van der Waals surface area contributed by atoms with E-state index < -0.39 is 5.92 Å². The van der Waals surface area contributed by atoms with Gasteiger partial charge in [-0.05, 0) is 37.1 Å². The van der Waals surface area contributed by atoms with Crippen LogP contribution < -0.4 is 24.6 Å². The summed E-state index contributed by atoms with van der Waals surface area (Å²) in [6, 6.07) is 13.2. The fourth-order valence-electron chi connectivity index (χ4n) is 4.17. The molecule has 0 aliphatic carbocycles. The van der Waals surface area contributed by atoms with E-state index in [1.165, 1.54) is 0 Å². The van der Waals surface area contributed by atoms with Gasteiger partial charge < -0.3 is 24.6 Å². The van der Waals surface area contributed by atoms with Crippen LogP contribution in [0.2, 0.25) is 0 Å². The normalized spacial score (nSPS) is 18.6. The van der Waals surface area contributed by atoms with Crippen molar-refractivity contribution in [1.29, 1.82) is 0 Å². The first-order valence-corrected chi connectivity index (χ1v) is 10.3. The molecule has 2 heterocycles. The number of rotatable bonds is 6. The molecule has 2 aliphatic rings. The standard InChI is InChI=1S/C23H27N3O4/c1-29-17-9-10-21(30-2)20(14-17)26-15-16(13-22(26)27)23(28)24-18-7-3-4-8-19(18)25-11-5-6-12-25/h3-4,7-10,14,16H,5-6,11-13,15H2,1-2H3,(H,24,28). The first-order valence-electron chi connectivity index (χ1n) is 10.3. The number of nitrogens with one attached hydrogen (secondary N) is 1. The molecule has 2 aliphatic heterocycles. The van der Waals surface area contributed by atoms with Crippen LogP contribution in [0.25, 0.3) is 0 Å². The molecule has 1 N–H and O–H groups in total. The summed E-state index contributed by atoms with van der Waals surface area (Å²) < 4.78 is 10.7. The van der Waals surface area contributed by atoms with Gasteiger partial charge >= 0.3 is 0 Å². The number of benzene rings is 2. The monoisotopic (exact) mass is 409 g/mol. The van der Waals surface area contributed by atoms with Crippen molar-refractivity contribution in [1.82, 2.24) is 0 Å². The Labute approximate surface area is 176 Å². The molecule has 30 heavy (non-hydrogen) atoms. The van der Waals surface area contributed by atoms with Crippen molar-refractivity contribution in [3.8, 4) is 11.5 Å². The van der Waals surface area contributed by atoms with Crippen LogP contribution in [-0.4, -0.2) is 45.7 Å². The van der Waals surface area contributed by atoms with E-state index in [2.05, 4.69) is 10.2 Å². The molecule has 158 valence electrons. The molecule has 2 fully saturated rings. The van der Waals surface area contributed by atoms with Gasteiger partial charge in [-0.15, -0.1) is 0 Å². The SMILES string of the molecule is COc1ccc(OC)c(N2CC(C(=O)Nc3ccccc3N3CCCC3)CC2=O)c1. The van der Waals surface area contributed by atoms with Gasteiger partial charge in [-0.25, -0.2) is 0 Å². The summed E-state index contributed by atoms with van der Waals surface area (Å²) in [5.41, 5.74) is 2.46. The van der Waals surface area contributed by atoms with E-state index in [0.29, 0.717) is 23.7 Å². The molecule has 4 rings (SSSR count). The summed E-state index contributed by atoms with van der Waals surface area (Å²) in [6.07, 6.45) is 2.49. The lowest BCUT2D eigenvalue weighted by Gasteiger charge is -2.22. The lowest BCUT2D eigenvalue weighted by Crippen LogP contribution is -2.29. The highest BCUT2D eigenvalue weighted by molar-refractivity contribution is 6.05. The van der Waals surface area contributed by atoms with Gasteiger partial charge in [0.15, 0.2) is 0 Å². The molecular weight excluding hydrogens is 382 g/mol. The Morgan fingerprint density at radius 2 is 1.80 bits per heavy atom. The second-order valence-corrected chi connectivity index (χ2v) is 7.64. The number of methoxy groups -OCH3 is 2. The Hall–Kier alpha value is -3.22. The van der Waals surface area contributed by atoms with Crippen molar-refractivity contribution < 1.29 is 19.1 Å². The third-order valence-corrected chi connectivity index (χ3v) is 5.78. The molecule has 0 saturated carbocycles. The molecule has 0 spiro atoms. The van der Waals surface area contributed by atoms with E-state index in [1.807, 2.05) is 24.3 Å². The molecule has 0 aromatic heterocycles. The molecule has 0 bridgehead atoms. The summed E-state index contributed by atoms with van der Waals surface area (Å²) >= 11 is 0. The number of carbonyl (C=O) groups excluding carboxylic acids is 2. The average Bonchev–Trinajstić information content (AvgIpc) is 3.43. The maximum Gasteiger partial charge on any atom is 0.229 e. The van der Waals surface area contributed by atoms with Crippen molar-refractivity contribution in [2.24, 2.45) is 5.92 Å². The van der Waals surface area contributed by atoms with Crippen LogP contribution in [0.15, 0.2) is 42.5 Å². The van der Waals surface area contributed by atoms with E-state index in [4.69, 9.17) is 9.47 Å². The van der Waals surface area contributed by atoms with Crippen LogP contribution in [0.4, 0.5) is 17.1 Å². The molecule has 2 saturated heterocycles. The number of anilines is 3. The largest absolute Gasteiger partial charge is 0.497 e. The highest BCUT2D eigenvalue weighted by Crippen LogP contribution is 2.36. The molecule has 2 aromatic carbocycles. The number of ether oxygens (including phenoxy) is 2.